The molecule has 0 aliphatic heterocycles. The lowest BCUT2D eigenvalue weighted by Gasteiger charge is -2.23. The second-order valence-corrected chi connectivity index (χ2v) is 4.21. The highest BCUT2D eigenvalue weighted by atomic mass is 35.5. The van der Waals surface area contributed by atoms with Gasteiger partial charge in [0.1, 0.15) is 5.52 Å². The van der Waals surface area contributed by atoms with Gasteiger partial charge in [0.05, 0.1) is 5.02 Å². The number of benzene rings is 1. The van der Waals surface area contributed by atoms with Gasteiger partial charge < -0.3 is 10.2 Å². The van der Waals surface area contributed by atoms with Crippen LogP contribution >= 0.6 is 11.6 Å². The maximum absolute atomic E-state index is 12.7. The van der Waals surface area contributed by atoms with Crippen LogP contribution in [0.25, 0.3) is 11.1 Å². The van der Waals surface area contributed by atoms with Crippen molar-refractivity contribution in [1.29, 1.82) is 0 Å². The number of hydrogen-bond acceptors (Lipinski definition) is 3. The van der Waals surface area contributed by atoms with Crippen molar-refractivity contribution in [2.45, 2.75) is 18.6 Å². The van der Waals surface area contributed by atoms with Crippen molar-refractivity contribution < 1.29 is 17.6 Å². The molecule has 1 aromatic carbocycles. The maximum Gasteiger partial charge on any atom is 0.415 e. The molecule has 0 spiro atoms. The average Bonchev–Trinajstić information content (AvgIpc) is 2.61. The van der Waals surface area contributed by atoms with E-state index in [-0.39, 0.29) is 16.1 Å². The van der Waals surface area contributed by atoms with Crippen molar-refractivity contribution in [2.24, 2.45) is 5.73 Å². The lowest BCUT2D eigenvalue weighted by atomic mass is 10.0. The molecule has 7 heteroatoms. The molecule has 3 nitrogen and oxygen atoms in total. The van der Waals surface area contributed by atoms with E-state index in [0.29, 0.717) is 0 Å². The van der Waals surface area contributed by atoms with E-state index in [9.17, 15) is 13.2 Å². The molecular weight excluding hydrogens is 257 g/mol. The summed E-state index contributed by atoms with van der Waals surface area (Å²) in [4.78, 5) is 3.72. The molecule has 0 saturated heterocycles. The second kappa shape index (κ2) is 3.61. The third-order valence-electron chi connectivity index (χ3n) is 2.40. The van der Waals surface area contributed by atoms with Crippen molar-refractivity contribution >= 4 is 22.7 Å². The van der Waals surface area contributed by atoms with E-state index in [0.717, 1.165) is 6.92 Å². The molecule has 1 unspecified atom stereocenters. The van der Waals surface area contributed by atoms with Crippen LogP contribution < -0.4 is 5.73 Å². The molecule has 92 valence electrons. The highest BCUT2D eigenvalue weighted by molar-refractivity contribution is 6.34. The van der Waals surface area contributed by atoms with Crippen molar-refractivity contribution in [3.63, 3.8) is 0 Å². The van der Waals surface area contributed by atoms with Crippen LogP contribution in [0.1, 0.15) is 12.8 Å². The number of para-hydroxylation sites is 1. The molecule has 0 fully saturated rings. The monoisotopic (exact) mass is 264 g/mol. The van der Waals surface area contributed by atoms with Gasteiger partial charge in [0.25, 0.3) is 0 Å². The molecule has 2 N–H and O–H groups in total. The molecule has 1 heterocycles. The Balaban J connectivity index is 2.62. The molecule has 0 bridgehead atoms. The third-order valence-corrected chi connectivity index (χ3v) is 2.70. The summed E-state index contributed by atoms with van der Waals surface area (Å²) in [6.07, 6.45) is -4.65. The van der Waals surface area contributed by atoms with Gasteiger partial charge in [-0.2, -0.15) is 13.2 Å². The number of aromatic nitrogens is 1. The predicted molar refractivity (Wildman–Crippen MR) is 56.6 cm³/mol. The number of fused-ring (bicyclic) bond motifs is 1. The minimum absolute atomic E-state index is 0.102. The van der Waals surface area contributed by atoms with Crippen molar-refractivity contribution in [3.05, 3.63) is 29.1 Å². The standard InChI is InChI=1S/C10H8ClF3N2O/c1-9(15,10(12,13)14)8-16-6-4-2-3-5(11)7(6)17-8/h2-4H,15H2,1H3. The van der Waals surface area contributed by atoms with E-state index >= 15 is 0 Å². The third kappa shape index (κ3) is 1.87. The zero-order valence-corrected chi connectivity index (χ0v) is 9.43. The topological polar surface area (TPSA) is 52.0 Å². The lowest BCUT2D eigenvalue weighted by Crippen LogP contribution is -2.47. The number of oxazole rings is 1. The van der Waals surface area contributed by atoms with Gasteiger partial charge >= 0.3 is 6.18 Å². The molecule has 2 aromatic rings. The molecular formula is C10H8ClF3N2O. The molecule has 1 aromatic heterocycles. The predicted octanol–water partition coefficient (Wildman–Crippen LogP) is 3.22. The summed E-state index contributed by atoms with van der Waals surface area (Å²) < 4.78 is 43.1. The zero-order valence-electron chi connectivity index (χ0n) is 8.68. The van der Waals surface area contributed by atoms with Gasteiger partial charge in [-0.15, -0.1) is 0 Å². The minimum atomic E-state index is -4.65. The van der Waals surface area contributed by atoms with Gasteiger partial charge in [-0.25, -0.2) is 4.98 Å². The normalized spacial score (nSPS) is 16.1. The number of hydrogen-bond donors (Lipinski definition) is 1. The van der Waals surface area contributed by atoms with Crippen LogP contribution in [0.3, 0.4) is 0 Å². The van der Waals surface area contributed by atoms with Gasteiger partial charge in [-0.3, -0.25) is 0 Å². The summed E-state index contributed by atoms with van der Waals surface area (Å²) in [5, 5.41) is 0.194. The summed E-state index contributed by atoms with van der Waals surface area (Å²) in [6.45, 7) is 0.797. The first-order chi connectivity index (χ1) is 7.73. The number of nitrogens with zero attached hydrogens (tertiary/aromatic N) is 1. The van der Waals surface area contributed by atoms with Crippen LogP contribution in [0, 0.1) is 0 Å². The second-order valence-electron chi connectivity index (χ2n) is 3.81. The minimum Gasteiger partial charge on any atom is -0.437 e. The van der Waals surface area contributed by atoms with E-state index in [2.05, 4.69) is 4.98 Å². The first-order valence-electron chi connectivity index (χ1n) is 4.64. The van der Waals surface area contributed by atoms with Crippen LogP contribution in [0.15, 0.2) is 22.6 Å². The highest BCUT2D eigenvalue weighted by Crippen LogP contribution is 2.37. The van der Waals surface area contributed by atoms with Gasteiger partial charge in [0.15, 0.2) is 11.1 Å². The molecule has 0 aliphatic rings. The Hall–Kier alpha value is -1.27. The molecule has 0 radical (unpaired) electrons. The lowest BCUT2D eigenvalue weighted by molar-refractivity contribution is -0.189. The Morgan fingerprint density at radius 3 is 2.53 bits per heavy atom. The maximum atomic E-state index is 12.7. The van der Waals surface area contributed by atoms with Crippen LogP contribution in [-0.4, -0.2) is 11.2 Å². The van der Waals surface area contributed by atoms with Crippen LogP contribution in [0.4, 0.5) is 13.2 Å². The quantitative estimate of drug-likeness (QED) is 0.860. The van der Waals surface area contributed by atoms with Crippen LogP contribution in [0.2, 0.25) is 5.02 Å². The summed E-state index contributed by atoms with van der Waals surface area (Å²) >= 11 is 5.78. The fraction of sp³-hybridized carbons (Fsp3) is 0.300. The summed E-state index contributed by atoms with van der Waals surface area (Å²) in [5.41, 5.74) is 2.91. The fourth-order valence-electron chi connectivity index (χ4n) is 1.26. The van der Waals surface area contributed by atoms with Crippen LogP contribution in [0.5, 0.6) is 0 Å². The molecule has 0 saturated carbocycles. The van der Waals surface area contributed by atoms with Crippen LogP contribution in [-0.2, 0) is 5.54 Å². The molecule has 17 heavy (non-hydrogen) atoms. The van der Waals surface area contributed by atoms with Gasteiger partial charge in [0.2, 0.25) is 5.89 Å². The summed E-state index contributed by atoms with van der Waals surface area (Å²) in [5.74, 6) is -0.604. The van der Waals surface area contributed by atoms with Gasteiger partial charge in [0, 0.05) is 0 Å². The number of halogens is 4. The number of rotatable bonds is 1. The first-order valence-corrected chi connectivity index (χ1v) is 5.02. The Morgan fingerprint density at radius 2 is 2.00 bits per heavy atom. The Labute approximate surface area is 99.4 Å². The molecule has 0 amide bonds. The number of nitrogens with two attached hydrogens (primary N) is 1. The van der Waals surface area contributed by atoms with Gasteiger partial charge in [-0.05, 0) is 19.1 Å². The van der Waals surface area contributed by atoms with E-state index in [1.165, 1.54) is 12.1 Å². The highest BCUT2D eigenvalue weighted by Gasteiger charge is 2.53. The molecule has 1 atom stereocenters. The first kappa shape index (κ1) is 12.2. The van der Waals surface area contributed by atoms with E-state index in [1.54, 1.807) is 6.07 Å². The smallest absolute Gasteiger partial charge is 0.415 e. The van der Waals surface area contributed by atoms with E-state index in [4.69, 9.17) is 21.8 Å². The Kier molecular flexibility index (Phi) is 2.59. The summed E-state index contributed by atoms with van der Waals surface area (Å²) in [7, 11) is 0. The average molecular weight is 265 g/mol. The van der Waals surface area contributed by atoms with Gasteiger partial charge in [-0.1, -0.05) is 17.7 Å². The van der Waals surface area contributed by atoms with E-state index in [1.807, 2.05) is 0 Å². The fourth-order valence-corrected chi connectivity index (χ4v) is 1.47. The molecule has 0 aliphatic carbocycles. The molecule has 2 rings (SSSR count). The Morgan fingerprint density at radius 1 is 1.35 bits per heavy atom. The Bertz CT molecular complexity index is 562. The van der Waals surface area contributed by atoms with Crippen molar-refractivity contribution in [1.82, 2.24) is 4.98 Å². The zero-order chi connectivity index (χ0) is 12.8. The van der Waals surface area contributed by atoms with Crippen molar-refractivity contribution in [3.8, 4) is 0 Å². The largest absolute Gasteiger partial charge is 0.437 e. The van der Waals surface area contributed by atoms with E-state index < -0.39 is 17.6 Å². The number of alkyl halides is 3. The van der Waals surface area contributed by atoms with Crippen molar-refractivity contribution in [2.75, 3.05) is 0 Å². The summed E-state index contributed by atoms with van der Waals surface area (Å²) in [6, 6.07) is 4.57. The SMILES string of the molecule is CC(N)(c1nc2cccc(Cl)c2o1)C(F)(F)F.